The van der Waals surface area contributed by atoms with E-state index in [0.29, 0.717) is 6.54 Å². The van der Waals surface area contributed by atoms with Gasteiger partial charge >= 0.3 is 11.9 Å². The van der Waals surface area contributed by atoms with Crippen LogP contribution >= 0.6 is 0 Å². The number of aliphatic hydroxyl groups excluding tert-OH is 1. The van der Waals surface area contributed by atoms with Gasteiger partial charge in [-0.05, 0) is 65.8 Å². The number of imide groups is 1. The highest BCUT2D eigenvalue weighted by molar-refractivity contribution is 6.10. The van der Waals surface area contributed by atoms with Gasteiger partial charge in [0.05, 0.1) is 12.1 Å². The highest BCUT2D eigenvalue weighted by atomic mass is 16.6. The fourth-order valence-electron chi connectivity index (χ4n) is 5.03. The zero-order valence-electron chi connectivity index (χ0n) is 22.1. The number of nitrogens with one attached hydrogen (secondary N) is 1. The minimum absolute atomic E-state index is 0.0191. The largest absolute Gasteiger partial charge is 0.479 e. The van der Waals surface area contributed by atoms with Crippen LogP contribution in [0.4, 0.5) is 0 Å². The van der Waals surface area contributed by atoms with Crippen LogP contribution in [-0.2, 0) is 23.9 Å². The third-order valence-electron chi connectivity index (χ3n) is 7.21. The summed E-state index contributed by atoms with van der Waals surface area (Å²) in [4.78, 5) is 56.7. The SMILES string of the molecule is C=CCCCN(C[C@H](C(=O)OC(C)(C)C)C(=O)N(C(=O)[C@@H]1C[C@@H](O)CN1)C1(C(=O)O)CC1C=C)C1CC1. The second-order valence-electron chi connectivity index (χ2n) is 11.4. The lowest BCUT2D eigenvalue weighted by Gasteiger charge is -2.35. The highest BCUT2D eigenvalue weighted by Crippen LogP contribution is 2.50. The molecule has 0 aromatic rings. The van der Waals surface area contributed by atoms with Crippen LogP contribution < -0.4 is 5.32 Å². The molecule has 3 fully saturated rings. The Morgan fingerprint density at radius 2 is 1.89 bits per heavy atom. The van der Waals surface area contributed by atoms with E-state index in [4.69, 9.17) is 4.74 Å². The lowest BCUT2D eigenvalue weighted by Crippen LogP contribution is -2.60. The number of carboxylic acids is 1. The number of hydrogen-bond donors (Lipinski definition) is 3. The van der Waals surface area contributed by atoms with Crippen LogP contribution in [0.5, 0.6) is 0 Å². The minimum Gasteiger partial charge on any atom is -0.479 e. The van der Waals surface area contributed by atoms with Crippen LogP contribution in [0.15, 0.2) is 25.3 Å². The van der Waals surface area contributed by atoms with E-state index in [2.05, 4.69) is 23.4 Å². The lowest BCUT2D eigenvalue weighted by molar-refractivity contribution is -0.172. The van der Waals surface area contributed by atoms with Gasteiger partial charge in [0.1, 0.15) is 11.5 Å². The molecule has 0 bridgehead atoms. The molecule has 37 heavy (non-hydrogen) atoms. The monoisotopic (exact) mass is 519 g/mol. The number of aliphatic carboxylic acids is 1. The van der Waals surface area contributed by atoms with Crippen molar-refractivity contribution in [2.75, 3.05) is 19.6 Å². The Morgan fingerprint density at radius 1 is 1.22 bits per heavy atom. The van der Waals surface area contributed by atoms with E-state index in [1.165, 1.54) is 6.08 Å². The Kier molecular flexibility index (Phi) is 8.97. The molecule has 2 unspecified atom stereocenters. The fourth-order valence-corrected chi connectivity index (χ4v) is 5.03. The Balaban J connectivity index is 1.99. The van der Waals surface area contributed by atoms with E-state index in [1.54, 1.807) is 20.8 Å². The molecule has 206 valence electrons. The number of rotatable bonds is 13. The van der Waals surface area contributed by atoms with Crippen LogP contribution in [0.25, 0.3) is 0 Å². The summed E-state index contributed by atoms with van der Waals surface area (Å²) in [5.74, 6) is -5.79. The number of hydrogen-bond acceptors (Lipinski definition) is 8. The maximum Gasteiger partial charge on any atom is 0.330 e. The molecule has 2 amide bonds. The molecule has 0 spiro atoms. The smallest absolute Gasteiger partial charge is 0.330 e. The van der Waals surface area contributed by atoms with E-state index in [9.17, 15) is 29.4 Å². The Morgan fingerprint density at radius 3 is 2.35 bits per heavy atom. The van der Waals surface area contributed by atoms with Gasteiger partial charge in [-0.15, -0.1) is 13.2 Å². The quantitative estimate of drug-likeness (QED) is 0.143. The van der Waals surface area contributed by atoms with Crippen molar-refractivity contribution in [3.8, 4) is 0 Å². The standard InChI is InChI=1S/C27H41N3O7/c1-6-8-9-12-29(18-10-11-18)16-20(24(34)37-26(3,4)5)22(32)30(23(33)21-13-19(31)15-28-21)27(25(35)36)14-17(27)7-2/h6-7,17-21,28,31H,1-2,8-16H2,3-5H3,(H,35,36)/t17?,19-,20+,21+,27?/m1/s1. The number of carbonyl (C=O) groups excluding carboxylic acids is 3. The normalized spacial score (nSPS) is 27.9. The second kappa shape index (κ2) is 11.4. The van der Waals surface area contributed by atoms with E-state index in [-0.39, 0.29) is 32.0 Å². The van der Waals surface area contributed by atoms with Crippen molar-refractivity contribution in [3.05, 3.63) is 25.3 Å². The summed E-state index contributed by atoms with van der Waals surface area (Å²) in [6.45, 7) is 13.3. The van der Waals surface area contributed by atoms with Crippen molar-refractivity contribution in [1.29, 1.82) is 0 Å². The summed E-state index contributed by atoms with van der Waals surface area (Å²) in [5.41, 5.74) is -2.71. The number of nitrogens with zero attached hydrogens (tertiary/aromatic N) is 2. The molecule has 0 radical (unpaired) electrons. The zero-order valence-corrected chi connectivity index (χ0v) is 22.1. The van der Waals surface area contributed by atoms with Crippen molar-refractivity contribution in [3.63, 3.8) is 0 Å². The lowest BCUT2D eigenvalue weighted by atomic mass is 10.0. The average molecular weight is 520 g/mol. The first kappa shape index (κ1) is 29.0. The maximum atomic E-state index is 14.2. The van der Waals surface area contributed by atoms with Crippen molar-refractivity contribution in [1.82, 2.24) is 15.1 Å². The molecule has 5 atom stereocenters. The van der Waals surface area contributed by atoms with Gasteiger partial charge in [0.2, 0.25) is 11.8 Å². The molecule has 1 aliphatic heterocycles. The van der Waals surface area contributed by atoms with Gasteiger partial charge in [0.25, 0.3) is 0 Å². The van der Waals surface area contributed by atoms with Crippen LogP contribution in [0, 0.1) is 11.8 Å². The van der Waals surface area contributed by atoms with E-state index in [0.717, 1.165) is 30.6 Å². The van der Waals surface area contributed by atoms with Gasteiger partial charge in [0.15, 0.2) is 5.54 Å². The molecule has 3 aliphatic rings. The third kappa shape index (κ3) is 6.66. The zero-order chi connectivity index (χ0) is 27.5. The molecule has 0 aromatic carbocycles. The Hall–Kier alpha value is -2.56. The van der Waals surface area contributed by atoms with Crippen molar-refractivity contribution >= 4 is 23.8 Å². The number of aliphatic hydroxyl groups is 1. The summed E-state index contributed by atoms with van der Waals surface area (Å²) >= 11 is 0. The predicted molar refractivity (Wildman–Crippen MR) is 136 cm³/mol. The number of amides is 2. The molecule has 0 aromatic heterocycles. The number of β-amino-alcohol motifs (C(OH)–C–C–N with tert-alkyl or cyclic N) is 1. The Labute approximate surface area is 218 Å². The highest BCUT2D eigenvalue weighted by Gasteiger charge is 2.68. The van der Waals surface area contributed by atoms with Crippen molar-refractivity contribution in [2.45, 2.75) is 88.6 Å². The summed E-state index contributed by atoms with van der Waals surface area (Å²) in [6, 6.07) is -0.721. The molecule has 1 saturated heterocycles. The molecule has 3 N–H and O–H groups in total. The molecule has 1 heterocycles. The number of ether oxygens (including phenoxy) is 1. The van der Waals surface area contributed by atoms with Gasteiger partial charge in [-0.2, -0.15) is 0 Å². The molecular weight excluding hydrogens is 478 g/mol. The first-order valence-electron chi connectivity index (χ1n) is 13.1. The van der Waals surface area contributed by atoms with E-state index < -0.39 is 58.9 Å². The van der Waals surface area contributed by atoms with Gasteiger partial charge in [-0.3, -0.25) is 24.2 Å². The molecule has 2 saturated carbocycles. The summed E-state index contributed by atoms with van der Waals surface area (Å²) in [6.07, 6.45) is 5.95. The van der Waals surface area contributed by atoms with E-state index >= 15 is 0 Å². The summed E-state index contributed by atoms with van der Waals surface area (Å²) < 4.78 is 5.60. The molecule has 10 heteroatoms. The predicted octanol–water partition coefficient (Wildman–Crippen LogP) is 1.48. The number of unbranched alkanes of at least 4 members (excludes halogenated alkanes) is 1. The Bertz CT molecular complexity index is 925. The molecule has 10 nitrogen and oxygen atoms in total. The number of carbonyl (C=O) groups is 4. The van der Waals surface area contributed by atoms with Gasteiger partial charge in [-0.1, -0.05) is 12.2 Å². The van der Waals surface area contributed by atoms with Gasteiger partial charge in [0, 0.05) is 25.0 Å². The van der Waals surface area contributed by atoms with Crippen LogP contribution in [0.3, 0.4) is 0 Å². The summed E-state index contributed by atoms with van der Waals surface area (Å²) in [5, 5.41) is 23.0. The molecule has 2 aliphatic carbocycles. The first-order chi connectivity index (χ1) is 17.4. The minimum atomic E-state index is -1.82. The molecular formula is C27H41N3O7. The topological polar surface area (TPSA) is 136 Å². The first-order valence-corrected chi connectivity index (χ1v) is 13.1. The molecule has 3 rings (SSSR count). The maximum absolute atomic E-state index is 14.2. The van der Waals surface area contributed by atoms with Crippen molar-refractivity contribution < 1.29 is 34.1 Å². The average Bonchev–Trinajstić information content (AvgIpc) is 3.72. The summed E-state index contributed by atoms with van der Waals surface area (Å²) in [7, 11) is 0. The fraction of sp³-hybridized carbons (Fsp3) is 0.704. The second-order valence-corrected chi connectivity index (χ2v) is 11.4. The number of allylic oxidation sites excluding steroid dienone is 1. The van der Waals surface area contributed by atoms with Gasteiger partial charge < -0.3 is 20.3 Å². The van der Waals surface area contributed by atoms with Crippen LogP contribution in [0.1, 0.15) is 59.3 Å². The van der Waals surface area contributed by atoms with Crippen LogP contribution in [-0.4, -0.2) is 92.7 Å². The van der Waals surface area contributed by atoms with Crippen molar-refractivity contribution in [2.24, 2.45) is 11.8 Å². The number of carboxylic acid groups (broad SMARTS) is 1. The number of esters is 1. The third-order valence-corrected chi connectivity index (χ3v) is 7.21. The van der Waals surface area contributed by atoms with Crippen LogP contribution in [0.2, 0.25) is 0 Å². The van der Waals surface area contributed by atoms with Gasteiger partial charge in [-0.25, -0.2) is 4.79 Å². The van der Waals surface area contributed by atoms with E-state index in [1.807, 2.05) is 6.08 Å².